The number of nitriles is 1. The van der Waals surface area contributed by atoms with E-state index in [4.69, 9.17) is 4.74 Å². The van der Waals surface area contributed by atoms with E-state index in [1.807, 2.05) is 56.3 Å². The molecule has 1 saturated heterocycles. The molecular formula is C39H37F3N4O3. The first-order valence-electron chi connectivity index (χ1n) is 16.5. The van der Waals surface area contributed by atoms with Gasteiger partial charge < -0.3 is 19.2 Å². The van der Waals surface area contributed by atoms with E-state index in [9.17, 15) is 28.0 Å². The number of aryl methyl sites for hydroxylation is 2. The Labute approximate surface area is 282 Å². The van der Waals surface area contributed by atoms with Crippen LogP contribution in [0.1, 0.15) is 64.0 Å². The fourth-order valence-corrected chi connectivity index (χ4v) is 6.56. The Morgan fingerprint density at radius 2 is 1.69 bits per heavy atom. The molecule has 0 saturated carbocycles. The van der Waals surface area contributed by atoms with Crippen molar-refractivity contribution in [3.63, 3.8) is 0 Å². The maximum Gasteiger partial charge on any atom is 0.417 e. The Kier molecular flexibility index (Phi) is 9.74. The van der Waals surface area contributed by atoms with E-state index in [-0.39, 0.29) is 12.2 Å². The number of alkyl halides is 3. The minimum absolute atomic E-state index is 0.0110. The predicted octanol–water partition coefficient (Wildman–Crippen LogP) is 8.25. The zero-order valence-corrected chi connectivity index (χ0v) is 27.5. The summed E-state index contributed by atoms with van der Waals surface area (Å²) in [4.78, 5) is 31.9. The summed E-state index contributed by atoms with van der Waals surface area (Å²) in [5.41, 5.74) is 2.35. The molecule has 0 amide bonds. The van der Waals surface area contributed by atoms with Crippen LogP contribution in [-0.2, 0) is 17.5 Å². The average molecular weight is 667 g/mol. The van der Waals surface area contributed by atoms with Crippen LogP contribution in [0.25, 0.3) is 33.3 Å². The van der Waals surface area contributed by atoms with E-state index in [0.717, 1.165) is 59.8 Å². The molecule has 1 aliphatic heterocycles. The summed E-state index contributed by atoms with van der Waals surface area (Å²) in [6, 6.07) is 22.3. The molecule has 5 aromatic rings. The van der Waals surface area contributed by atoms with Gasteiger partial charge in [-0.25, -0.2) is 4.79 Å². The summed E-state index contributed by atoms with van der Waals surface area (Å²) < 4.78 is 49.2. The first kappa shape index (κ1) is 33.7. The smallest absolute Gasteiger partial charge is 0.417 e. The molecule has 0 aliphatic carbocycles. The number of aromatic amines is 1. The molecule has 10 heteroatoms. The minimum atomic E-state index is -4.90. The minimum Gasteiger partial charge on any atom is -0.461 e. The number of esters is 1. The van der Waals surface area contributed by atoms with Gasteiger partial charge in [-0.15, -0.1) is 0 Å². The van der Waals surface area contributed by atoms with Crippen molar-refractivity contribution in [1.82, 2.24) is 14.5 Å². The molecule has 1 fully saturated rings. The van der Waals surface area contributed by atoms with Crippen molar-refractivity contribution in [3.8, 4) is 28.5 Å². The van der Waals surface area contributed by atoms with Crippen LogP contribution in [-0.4, -0.2) is 46.7 Å². The zero-order chi connectivity index (χ0) is 34.7. The highest BCUT2D eigenvalue weighted by Gasteiger charge is 2.36. The third-order valence-electron chi connectivity index (χ3n) is 9.18. The highest BCUT2D eigenvalue weighted by atomic mass is 19.4. The lowest BCUT2D eigenvalue weighted by Gasteiger charge is -2.26. The van der Waals surface area contributed by atoms with Crippen LogP contribution in [0.15, 0.2) is 77.6 Å². The number of halogens is 3. The van der Waals surface area contributed by atoms with Crippen molar-refractivity contribution < 1.29 is 22.7 Å². The molecule has 7 nitrogen and oxygen atoms in total. The van der Waals surface area contributed by atoms with Gasteiger partial charge in [0.15, 0.2) is 0 Å². The summed E-state index contributed by atoms with van der Waals surface area (Å²) in [5, 5.41) is 10.4. The van der Waals surface area contributed by atoms with Crippen LogP contribution in [0.2, 0.25) is 0 Å². The van der Waals surface area contributed by atoms with E-state index in [2.05, 4.69) is 9.88 Å². The quantitative estimate of drug-likeness (QED) is 0.126. The number of aromatic nitrogens is 2. The van der Waals surface area contributed by atoms with Gasteiger partial charge in [0.1, 0.15) is 17.3 Å². The van der Waals surface area contributed by atoms with Gasteiger partial charge in [0.05, 0.1) is 24.4 Å². The normalized spacial score (nSPS) is 13.8. The number of rotatable bonds is 9. The number of carbonyl (C=O) groups excluding carboxylic acids is 1. The first-order chi connectivity index (χ1) is 23.5. The van der Waals surface area contributed by atoms with Crippen molar-refractivity contribution in [2.45, 2.75) is 52.3 Å². The van der Waals surface area contributed by atoms with Gasteiger partial charge in [0.25, 0.3) is 5.56 Å². The molecule has 0 atom stereocenters. The second-order valence-corrected chi connectivity index (χ2v) is 12.7. The first-order valence-corrected chi connectivity index (χ1v) is 16.5. The average Bonchev–Trinajstić information content (AvgIpc) is 3.52. The van der Waals surface area contributed by atoms with Crippen LogP contribution in [0.3, 0.4) is 0 Å². The summed E-state index contributed by atoms with van der Waals surface area (Å²) in [5.74, 6) is -0.429. The number of nitrogens with zero attached hydrogens (tertiary/aromatic N) is 3. The lowest BCUT2D eigenvalue weighted by atomic mass is 9.98. The number of hydrogen-bond donors (Lipinski definition) is 1. The number of hydrogen-bond acceptors (Lipinski definition) is 5. The maximum absolute atomic E-state index is 14.2. The Morgan fingerprint density at radius 1 is 0.939 bits per heavy atom. The molecule has 0 bridgehead atoms. The van der Waals surface area contributed by atoms with Crippen molar-refractivity contribution in [2.75, 3.05) is 26.2 Å². The molecule has 0 spiro atoms. The number of pyridine rings is 1. The maximum atomic E-state index is 14.2. The van der Waals surface area contributed by atoms with Crippen LogP contribution in [0.5, 0.6) is 0 Å². The molecule has 2 aromatic heterocycles. The monoisotopic (exact) mass is 666 g/mol. The van der Waals surface area contributed by atoms with Gasteiger partial charge in [0.2, 0.25) is 0 Å². The van der Waals surface area contributed by atoms with Gasteiger partial charge in [-0.2, -0.15) is 18.4 Å². The lowest BCUT2D eigenvalue weighted by molar-refractivity contribution is -0.137. The Bertz CT molecular complexity index is 2120. The third kappa shape index (κ3) is 7.47. The number of nitrogens with one attached hydrogen (secondary N) is 1. The summed E-state index contributed by atoms with van der Waals surface area (Å²) in [7, 11) is 0. The van der Waals surface area contributed by atoms with Crippen LogP contribution in [0, 0.1) is 25.2 Å². The van der Waals surface area contributed by atoms with Crippen LogP contribution < -0.4 is 5.56 Å². The van der Waals surface area contributed by atoms with E-state index in [0.29, 0.717) is 28.9 Å². The van der Waals surface area contributed by atoms with Gasteiger partial charge in [-0.1, -0.05) is 60.5 Å². The Balaban J connectivity index is 1.30. The SMILES string of the molecule is Cc1ccc(Cn2c(-c3cccc(-c4ccc5cc(C(=O)OCCCN6CCCCC6)[nH]c5c4)c3)cc(C(F)(F)F)c(C#N)c2=O)c(C)c1. The molecule has 6 rings (SSSR count). The van der Waals surface area contributed by atoms with Crippen molar-refractivity contribution in [1.29, 1.82) is 5.26 Å². The number of ether oxygens (including phenoxy) is 1. The fraction of sp³-hybridized carbons (Fsp3) is 0.308. The highest BCUT2D eigenvalue weighted by Crippen LogP contribution is 2.35. The second kappa shape index (κ2) is 14.1. The number of benzene rings is 3. The molecule has 0 unspecified atom stereocenters. The number of H-pyrrole nitrogens is 1. The molecule has 3 aromatic carbocycles. The van der Waals surface area contributed by atoms with Gasteiger partial charge in [0, 0.05) is 17.4 Å². The van der Waals surface area contributed by atoms with Crippen molar-refractivity contribution in [3.05, 3.63) is 117 Å². The molecule has 49 heavy (non-hydrogen) atoms. The zero-order valence-electron chi connectivity index (χ0n) is 27.5. The van der Waals surface area contributed by atoms with Crippen molar-refractivity contribution >= 4 is 16.9 Å². The molecular weight excluding hydrogens is 629 g/mol. The summed E-state index contributed by atoms with van der Waals surface area (Å²) >= 11 is 0. The molecule has 3 heterocycles. The van der Waals surface area contributed by atoms with E-state index < -0.39 is 28.8 Å². The topological polar surface area (TPSA) is 91.1 Å². The fourth-order valence-electron chi connectivity index (χ4n) is 6.56. The second-order valence-electron chi connectivity index (χ2n) is 12.7. The van der Waals surface area contributed by atoms with Gasteiger partial charge >= 0.3 is 12.1 Å². The van der Waals surface area contributed by atoms with Gasteiger partial charge in [-0.05, 0) is 98.3 Å². The largest absolute Gasteiger partial charge is 0.461 e. The van der Waals surface area contributed by atoms with Crippen molar-refractivity contribution in [2.24, 2.45) is 0 Å². The van der Waals surface area contributed by atoms with Crippen LogP contribution in [0.4, 0.5) is 13.2 Å². The summed E-state index contributed by atoms with van der Waals surface area (Å²) in [6.07, 6.45) is -0.431. The predicted molar refractivity (Wildman–Crippen MR) is 183 cm³/mol. The molecule has 1 N–H and O–H groups in total. The number of carbonyl (C=O) groups is 1. The summed E-state index contributed by atoms with van der Waals surface area (Å²) in [6.45, 7) is 7.23. The van der Waals surface area contributed by atoms with E-state index >= 15 is 0 Å². The number of likely N-dealkylation sites (tertiary alicyclic amines) is 1. The van der Waals surface area contributed by atoms with Gasteiger partial charge in [-0.3, -0.25) is 4.79 Å². The van der Waals surface area contributed by atoms with Crippen LogP contribution >= 0.6 is 0 Å². The lowest BCUT2D eigenvalue weighted by Crippen LogP contribution is -2.31. The van der Waals surface area contributed by atoms with E-state index in [1.165, 1.54) is 29.9 Å². The Hall–Kier alpha value is -5.14. The Morgan fingerprint density at radius 3 is 2.43 bits per heavy atom. The highest BCUT2D eigenvalue weighted by molar-refractivity contribution is 5.96. The number of piperidine rings is 1. The molecule has 1 aliphatic rings. The third-order valence-corrected chi connectivity index (χ3v) is 9.18. The molecule has 0 radical (unpaired) electrons. The molecule has 252 valence electrons. The van der Waals surface area contributed by atoms with E-state index in [1.54, 1.807) is 24.3 Å². The number of fused-ring (bicyclic) bond motifs is 1. The standard InChI is InChI=1S/C39H37F3N4O3/c1-25-10-11-31(26(2)18-25)24-46-36(22-33(39(40,41)42)32(23-43)37(46)47)30-9-6-8-27(19-30)28-12-13-29-21-35(44-34(29)20-28)38(48)49-17-7-16-45-14-4-3-5-15-45/h6,8-13,18-22,44H,3-5,7,14-17,24H2,1-2H3.